The first-order chi connectivity index (χ1) is 9.49. The summed E-state index contributed by atoms with van der Waals surface area (Å²) in [4.78, 5) is 4.06. The fourth-order valence-corrected chi connectivity index (χ4v) is 2.14. The lowest BCUT2D eigenvalue weighted by Crippen LogP contribution is -2.31. The summed E-state index contributed by atoms with van der Waals surface area (Å²) in [5.41, 5.74) is 2.37. The maximum atomic E-state index is 9.88. The van der Waals surface area contributed by atoms with E-state index in [1.165, 1.54) is 5.56 Å². The molecule has 1 rings (SSSR count). The Kier molecular flexibility index (Phi) is 7.73. The van der Waals surface area contributed by atoms with Crippen LogP contribution in [0.1, 0.15) is 38.3 Å². The van der Waals surface area contributed by atoms with Gasteiger partial charge in [-0.3, -0.25) is 4.98 Å². The van der Waals surface area contributed by atoms with Gasteiger partial charge in [-0.1, -0.05) is 13.8 Å². The highest BCUT2D eigenvalue weighted by Gasteiger charge is 2.09. The number of aryl methyl sites for hydroxylation is 1. The number of hydrogen-bond acceptors (Lipinski definition) is 4. The van der Waals surface area contributed by atoms with Crippen LogP contribution in [0, 0.1) is 12.8 Å². The Morgan fingerprint density at radius 2 is 2.10 bits per heavy atom. The molecule has 4 heteroatoms. The van der Waals surface area contributed by atoms with E-state index in [2.05, 4.69) is 31.1 Å². The third kappa shape index (κ3) is 6.98. The van der Waals surface area contributed by atoms with Gasteiger partial charge < -0.3 is 15.2 Å². The molecule has 4 nitrogen and oxygen atoms in total. The van der Waals surface area contributed by atoms with Gasteiger partial charge >= 0.3 is 0 Å². The molecular weight excluding hydrogens is 252 g/mol. The van der Waals surface area contributed by atoms with Gasteiger partial charge in [0, 0.05) is 25.5 Å². The highest BCUT2D eigenvalue weighted by molar-refractivity contribution is 5.21. The molecule has 0 saturated carbocycles. The number of aliphatic hydroxyl groups excluding tert-OH is 1. The summed E-state index contributed by atoms with van der Waals surface area (Å²) in [5, 5.41) is 13.1. The molecule has 0 amide bonds. The van der Waals surface area contributed by atoms with Crippen molar-refractivity contribution in [1.82, 2.24) is 10.3 Å². The summed E-state index contributed by atoms with van der Waals surface area (Å²) in [6.07, 6.45) is 4.40. The number of ether oxygens (including phenoxy) is 1. The monoisotopic (exact) mass is 280 g/mol. The molecule has 0 bridgehead atoms. The van der Waals surface area contributed by atoms with Gasteiger partial charge in [0.25, 0.3) is 0 Å². The Morgan fingerprint density at radius 3 is 2.75 bits per heavy atom. The molecule has 0 aliphatic heterocycles. The largest absolute Gasteiger partial charge is 0.389 e. The van der Waals surface area contributed by atoms with Crippen molar-refractivity contribution in [2.24, 2.45) is 5.92 Å². The van der Waals surface area contributed by atoms with Crippen LogP contribution in [0.4, 0.5) is 0 Å². The van der Waals surface area contributed by atoms with E-state index in [1.54, 1.807) is 6.20 Å². The van der Waals surface area contributed by atoms with Crippen molar-refractivity contribution >= 4 is 0 Å². The number of aliphatic hydroxyl groups is 1. The standard InChI is InChI=1S/C16H28N2O2/c1-12(2)7-14(4)20-11-16(19)10-18-9-15-5-6-17-8-13(15)3/h5-6,8,12,14,16,18-19H,7,9-11H2,1-4H3. The zero-order chi connectivity index (χ0) is 15.0. The van der Waals surface area contributed by atoms with Crippen molar-refractivity contribution in [1.29, 1.82) is 0 Å². The molecule has 20 heavy (non-hydrogen) atoms. The van der Waals surface area contributed by atoms with Gasteiger partial charge in [-0.2, -0.15) is 0 Å². The minimum atomic E-state index is -0.466. The molecule has 0 aliphatic rings. The Hall–Kier alpha value is -0.970. The first-order valence-electron chi connectivity index (χ1n) is 7.39. The smallest absolute Gasteiger partial charge is 0.0897 e. The fraction of sp³-hybridized carbons (Fsp3) is 0.688. The number of aromatic nitrogens is 1. The molecule has 1 heterocycles. The molecule has 1 aromatic heterocycles. The molecule has 0 fully saturated rings. The van der Waals surface area contributed by atoms with Gasteiger partial charge in [0.05, 0.1) is 18.8 Å². The Balaban J connectivity index is 2.17. The van der Waals surface area contributed by atoms with Gasteiger partial charge in [0.1, 0.15) is 0 Å². The molecule has 0 aliphatic carbocycles. The third-order valence-electron chi connectivity index (χ3n) is 3.21. The summed E-state index contributed by atoms with van der Waals surface area (Å²) >= 11 is 0. The summed E-state index contributed by atoms with van der Waals surface area (Å²) in [7, 11) is 0. The van der Waals surface area contributed by atoms with Crippen molar-refractivity contribution in [3.05, 3.63) is 29.6 Å². The molecule has 2 N–H and O–H groups in total. The van der Waals surface area contributed by atoms with E-state index in [4.69, 9.17) is 4.74 Å². The Labute approximate surface area is 122 Å². The molecule has 0 radical (unpaired) electrons. The summed E-state index contributed by atoms with van der Waals surface area (Å²) in [5.74, 6) is 0.620. The number of pyridine rings is 1. The Bertz CT molecular complexity index is 382. The molecule has 0 saturated heterocycles. The topological polar surface area (TPSA) is 54.4 Å². The van der Waals surface area contributed by atoms with Crippen LogP contribution in [0.25, 0.3) is 0 Å². The van der Waals surface area contributed by atoms with E-state index in [0.717, 1.165) is 18.5 Å². The number of hydrogen-bond donors (Lipinski definition) is 2. The fourth-order valence-electron chi connectivity index (χ4n) is 2.14. The predicted molar refractivity (Wildman–Crippen MR) is 81.6 cm³/mol. The maximum absolute atomic E-state index is 9.88. The van der Waals surface area contributed by atoms with Crippen molar-refractivity contribution < 1.29 is 9.84 Å². The molecule has 0 spiro atoms. The van der Waals surface area contributed by atoms with Crippen molar-refractivity contribution in [2.75, 3.05) is 13.2 Å². The Morgan fingerprint density at radius 1 is 1.35 bits per heavy atom. The highest BCUT2D eigenvalue weighted by atomic mass is 16.5. The quantitative estimate of drug-likeness (QED) is 0.729. The SMILES string of the molecule is Cc1cnccc1CNCC(O)COC(C)CC(C)C. The zero-order valence-corrected chi connectivity index (χ0v) is 13.1. The zero-order valence-electron chi connectivity index (χ0n) is 13.1. The van der Waals surface area contributed by atoms with Crippen molar-refractivity contribution in [3.63, 3.8) is 0 Å². The molecular formula is C16H28N2O2. The van der Waals surface area contributed by atoms with Crippen LogP contribution in [0.3, 0.4) is 0 Å². The minimum absolute atomic E-state index is 0.201. The number of nitrogens with zero attached hydrogens (tertiary/aromatic N) is 1. The van der Waals surface area contributed by atoms with E-state index in [-0.39, 0.29) is 6.10 Å². The first-order valence-corrected chi connectivity index (χ1v) is 7.39. The van der Waals surface area contributed by atoms with E-state index in [0.29, 0.717) is 19.1 Å². The van der Waals surface area contributed by atoms with E-state index in [1.807, 2.05) is 19.2 Å². The van der Waals surface area contributed by atoms with E-state index < -0.39 is 6.10 Å². The van der Waals surface area contributed by atoms with Crippen LogP contribution >= 0.6 is 0 Å². The van der Waals surface area contributed by atoms with Gasteiger partial charge in [-0.05, 0) is 43.4 Å². The second-order valence-corrected chi connectivity index (χ2v) is 5.86. The minimum Gasteiger partial charge on any atom is -0.389 e. The summed E-state index contributed by atoms with van der Waals surface area (Å²) < 4.78 is 5.64. The van der Waals surface area contributed by atoms with Gasteiger partial charge in [0.15, 0.2) is 0 Å². The predicted octanol–water partition coefficient (Wildman–Crippen LogP) is 2.29. The molecule has 0 aromatic carbocycles. The van der Waals surface area contributed by atoms with Crippen LogP contribution in [0.5, 0.6) is 0 Å². The second-order valence-electron chi connectivity index (χ2n) is 5.86. The first kappa shape index (κ1) is 17.1. The van der Waals surface area contributed by atoms with Gasteiger partial charge in [-0.25, -0.2) is 0 Å². The van der Waals surface area contributed by atoms with Crippen LogP contribution in [0.15, 0.2) is 18.5 Å². The average molecular weight is 280 g/mol. The highest BCUT2D eigenvalue weighted by Crippen LogP contribution is 2.08. The van der Waals surface area contributed by atoms with Gasteiger partial charge in [0.2, 0.25) is 0 Å². The third-order valence-corrected chi connectivity index (χ3v) is 3.21. The lowest BCUT2D eigenvalue weighted by Gasteiger charge is -2.18. The number of rotatable bonds is 9. The van der Waals surface area contributed by atoms with Crippen LogP contribution in [-0.4, -0.2) is 35.5 Å². The molecule has 114 valence electrons. The normalized spacial score (nSPS) is 14.5. The second kappa shape index (κ2) is 9.06. The number of nitrogens with one attached hydrogen (secondary N) is 1. The molecule has 1 aromatic rings. The van der Waals surface area contributed by atoms with Crippen molar-refractivity contribution in [3.8, 4) is 0 Å². The summed E-state index contributed by atoms with van der Waals surface area (Å²) in [6, 6.07) is 2.00. The maximum Gasteiger partial charge on any atom is 0.0897 e. The summed E-state index contributed by atoms with van der Waals surface area (Å²) in [6.45, 7) is 10.1. The lowest BCUT2D eigenvalue weighted by atomic mass is 10.1. The van der Waals surface area contributed by atoms with Crippen LogP contribution < -0.4 is 5.32 Å². The van der Waals surface area contributed by atoms with Crippen molar-refractivity contribution in [2.45, 2.75) is 52.9 Å². The van der Waals surface area contributed by atoms with E-state index >= 15 is 0 Å². The molecule has 2 atom stereocenters. The molecule has 2 unspecified atom stereocenters. The van der Waals surface area contributed by atoms with E-state index in [9.17, 15) is 5.11 Å². The van der Waals surface area contributed by atoms with Gasteiger partial charge in [-0.15, -0.1) is 0 Å². The van der Waals surface area contributed by atoms with Crippen LogP contribution in [0.2, 0.25) is 0 Å². The van der Waals surface area contributed by atoms with Crippen LogP contribution in [-0.2, 0) is 11.3 Å². The lowest BCUT2D eigenvalue weighted by molar-refractivity contribution is -0.00857. The average Bonchev–Trinajstić information content (AvgIpc) is 2.38.